The van der Waals surface area contributed by atoms with Gasteiger partial charge in [0.1, 0.15) is 11.6 Å². The van der Waals surface area contributed by atoms with Crippen molar-refractivity contribution in [2.24, 2.45) is 0 Å². The molecule has 0 spiro atoms. The van der Waals surface area contributed by atoms with E-state index in [2.05, 4.69) is 0 Å². The summed E-state index contributed by atoms with van der Waals surface area (Å²) in [4.78, 5) is 27.6. The van der Waals surface area contributed by atoms with Gasteiger partial charge in [0.05, 0.1) is 21.1 Å². The zero-order valence-electron chi connectivity index (χ0n) is 14.8. The molecule has 0 N–H and O–H groups in total. The lowest BCUT2D eigenvalue weighted by atomic mass is 9.94. The molecule has 0 aliphatic heterocycles. The third-order valence-corrected chi connectivity index (χ3v) is 4.58. The fourth-order valence-corrected chi connectivity index (χ4v) is 3.07. The van der Waals surface area contributed by atoms with Gasteiger partial charge in [-0.2, -0.15) is 0 Å². The standard InChI is InChI=1S/C20H23N2O2/c1-21(2)14-8-6-13(7-9-14)18-19(23)16-11-10-15(22(3,4)5)12-17(16)20(18)24/h6-12,18H,1-5H3/q+1/t18-/m0/s1. The van der Waals surface area contributed by atoms with Crippen LogP contribution in [0.3, 0.4) is 0 Å². The maximum atomic E-state index is 12.9. The van der Waals surface area contributed by atoms with Gasteiger partial charge in [0.25, 0.3) is 0 Å². The summed E-state index contributed by atoms with van der Waals surface area (Å²) in [5.41, 5.74) is 3.91. The fourth-order valence-electron chi connectivity index (χ4n) is 3.07. The van der Waals surface area contributed by atoms with Gasteiger partial charge in [-0.15, -0.1) is 0 Å². The predicted molar refractivity (Wildman–Crippen MR) is 98.2 cm³/mol. The molecule has 24 heavy (non-hydrogen) atoms. The number of hydrogen-bond donors (Lipinski definition) is 0. The van der Waals surface area contributed by atoms with Gasteiger partial charge in [0, 0.05) is 37.0 Å². The fraction of sp³-hybridized carbons (Fsp3) is 0.300. The van der Waals surface area contributed by atoms with Crippen molar-refractivity contribution < 1.29 is 9.59 Å². The zero-order chi connectivity index (χ0) is 17.6. The van der Waals surface area contributed by atoms with Crippen LogP contribution in [0.25, 0.3) is 0 Å². The second-order valence-electron chi connectivity index (χ2n) is 7.39. The minimum atomic E-state index is -0.709. The summed E-state index contributed by atoms with van der Waals surface area (Å²) in [6.45, 7) is 0. The van der Waals surface area contributed by atoms with Crippen LogP contribution in [0.5, 0.6) is 0 Å². The molecule has 0 amide bonds. The average Bonchev–Trinajstić information content (AvgIpc) is 2.78. The molecular formula is C20H23N2O2+. The quantitative estimate of drug-likeness (QED) is 0.643. The van der Waals surface area contributed by atoms with E-state index in [9.17, 15) is 9.59 Å². The Balaban J connectivity index is 2.00. The van der Waals surface area contributed by atoms with E-state index in [1.807, 2.05) is 76.5 Å². The molecule has 0 fully saturated rings. The average molecular weight is 323 g/mol. The Morgan fingerprint density at radius 3 is 1.96 bits per heavy atom. The summed E-state index contributed by atoms with van der Waals surface area (Å²) in [6, 6.07) is 13.2. The number of fused-ring (bicyclic) bond motifs is 1. The lowest BCUT2D eigenvalue weighted by molar-refractivity contribution is 0.0890. The van der Waals surface area contributed by atoms with Gasteiger partial charge in [0.2, 0.25) is 0 Å². The van der Waals surface area contributed by atoms with Crippen LogP contribution in [0.4, 0.5) is 11.4 Å². The van der Waals surface area contributed by atoms with Crippen LogP contribution in [0, 0.1) is 0 Å². The second-order valence-corrected chi connectivity index (χ2v) is 7.39. The van der Waals surface area contributed by atoms with Gasteiger partial charge in [-0.25, -0.2) is 0 Å². The minimum Gasteiger partial charge on any atom is -0.378 e. The first kappa shape index (κ1) is 16.4. The summed E-state index contributed by atoms with van der Waals surface area (Å²) >= 11 is 0. The van der Waals surface area contributed by atoms with Gasteiger partial charge in [-0.1, -0.05) is 12.1 Å². The number of anilines is 1. The van der Waals surface area contributed by atoms with E-state index in [4.69, 9.17) is 0 Å². The highest BCUT2D eigenvalue weighted by Gasteiger charge is 2.40. The molecule has 0 aromatic heterocycles. The van der Waals surface area contributed by atoms with Crippen LogP contribution in [-0.4, -0.2) is 46.8 Å². The molecule has 124 valence electrons. The van der Waals surface area contributed by atoms with Crippen LogP contribution in [0.1, 0.15) is 32.2 Å². The van der Waals surface area contributed by atoms with Crippen LogP contribution in [0.2, 0.25) is 0 Å². The number of carbonyl (C=O) groups excluding carboxylic acids is 2. The Labute approximate surface area is 142 Å². The lowest BCUT2D eigenvalue weighted by Gasteiger charge is -2.23. The Kier molecular flexibility index (Phi) is 3.80. The van der Waals surface area contributed by atoms with E-state index in [-0.39, 0.29) is 11.6 Å². The lowest BCUT2D eigenvalue weighted by Crippen LogP contribution is -2.34. The van der Waals surface area contributed by atoms with Crippen molar-refractivity contribution in [3.8, 4) is 0 Å². The van der Waals surface area contributed by atoms with Crippen molar-refractivity contribution in [3.05, 3.63) is 59.2 Å². The summed E-state index contributed by atoms with van der Waals surface area (Å²) < 4.78 is 0.608. The monoisotopic (exact) mass is 323 g/mol. The Bertz CT molecular complexity index is 815. The molecule has 1 aliphatic carbocycles. The number of benzene rings is 2. The SMILES string of the molecule is CN(C)c1ccc([C@H]2C(=O)c3ccc([N+](C)(C)C)cc3C2=O)cc1. The molecule has 2 aromatic rings. The molecular weight excluding hydrogens is 300 g/mol. The number of Topliss-reactive ketones (excluding diaryl/α,β-unsaturated/α-hetero) is 2. The van der Waals surface area contributed by atoms with Crippen molar-refractivity contribution in [1.82, 2.24) is 4.48 Å². The molecule has 2 aromatic carbocycles. The van der Waals surface area contributed by atoms with Crippen molar-refractivity contribution >= 4 is 22.9 Å². The van der Waals surface area contributed by atoms with Crippen LogP contribution in [0.15, 0.2) is 42.5 Å². The summed E-state index contributed by atoms with van der Waals surface area (Å²) in [6.07, 6.45) is 0. The number of ketones is 2. The molecule has 3 rings (SSSR count). The summed E-state index contributed by atoms with van der Waals surface area (Å²) in [7, 11) is 10.0. The van der Waals surface area contributed by atoms with E-state index in [1.165, 1.54) is 0 Å². The zero-order valence-corrected chi connectivity index (χ0v) is 14.8. The maximum absolute atomic E-state index is 12.9. The number of rotatable bonds is 3. The predicted octanol–water partition coefficient (Wildman–Crippen LogP) is 3.11. The second kappa shape index (κ2) is 5.56. The van der Waals surface area contributed by atoms with Crippen molar-refractivity contribution in [2.45, 2.75) is 5.92 Å². The van der Waals surface area contributed by atoms with E-state index < -0.39 is 5.92 Å². The van der Waals surface area contributed by atoms with Gasteiger partial charge in [0.15, 0.2) is 11.6 Å². The molecule has 0 heterocycles. The highest BCUT2D eigenvalue weighted by atomic mass is 16.2. The molecule has 0 saturated heterocycles. The maximum Gasteiger partial charge on any atom is 0.179 e. The van der Waals surface area contributed by atoms with E-state index in [0.29, 0.717) is 15.6 Å². The summed E-state index contributed by atoms with van der Waals surface area (Å²) in [5, 5.41) is 0. The molecule has 0 radical (unpaired) electrons. The molecule has 0 unspecified atom stereocenters. The topological polar surface area (TPSA) is 37.4 Å². The Morgan fingerprint density at radius 2 is 1.42 bits per heavy atom. The summed E-state index contributed by atoms with van der Waals surface area (Å²) in [5.74, 6) is -0.901. The molecule has 4 heteroatoms. The smallest absolute Gasteiger partial charge is 0.179 e. The number of nitrogens with zero attached hydrogens (tertiary/aromatic N) is 2. The Morgan fingerprint density at radius 1 is 0.833 bits per heavy atom. The van der Waals surface area contributed by atoms with E-state index >= 15 is 0 Å². The normalized spacial score (nSPS) is 17.1. The number of quaternary nitrogens is 1. The van der Waals surface area contributed by atoms with E-state index in [1.54, 1.807) is 6.07 Å². The van der Waals surface area contributed by atoms with Gasteiger partial charge in [-0.05, 0) is 29.8 Å². The minimum absolute atomic E-state index is 0.0945. The first-order valence-electron chi connectivity index (χ1n) is 8.02. The Hall–Kier alpha value is -2.46. The molecule has 0 saturated carbocycles. The van der Waals surface area contributed by atoms with Crippen molar-refractivity contribution in [3.63, 3.8) is 0 Å². The molecule has 1 atom stereocenters. The van der Waals surface area contributed by atoms with Gasteiger partial charge < -0.3 is 4.90 Å². The van der Waals surface area contributed by atoms with Crippen molar-refractivity contribution in [1.29, 1.82) is 0 Å². The number of carbonyl (C=O) groups is 2. The first-order chi connectivity index (χ1) is 11.2. The van der Waals surface area contributed by atoms with E-state index in [0.717, 1.165) is 16.9 Å². The number of hydrogen-bond acceptors (Lipinski definition) is 3. The van der Waals surface area contributed by atoms with Crippen LogP contribution >= 0.6 is 0 Å². The first-order valence-corrected chi connectivity index (χ1v) is 8.02. The van der Waals surface area contributed by atoms with Crippen LogP contribution < -0.4 is 9.38 Å². The molecule has 1 aliphatic rings. The van der Waals surface area contributed by atoms with Crippen LogP contribution in [-0.2, 0) is 0 Å². The third kappa shape index (κ3) is 2.63. The highest BCUT2D eigenvalue weighted by molar-refractivity contribution is 6.30. The molecule has 0 bridgehead atoms. The van der Waals surface area contributed by atoms with Crippen molar-refractivity contribution in [2.75, 3.05) is 40.1 Å². The highest BCUT2D eigenvalue weighted by Crippen LogP contribution is 2.36. The third-order valence-electron chi connectivity index (χ3n) is 4.58. The van der Waals surface area contributed by atoms with Gasteiger partial charge >= 0.3 is 0 Å². The molecule has 4 nitrogen and oxygen atoms in total. The largest absolute Gasteiger partial charge is 0.378 e. The van der Waals surface area contributed by atoms with Gasteiger partial charge in [-0.3, -0.25) is 14.1 Å².